The van der Waals surface area contributed by atoms with Crippen LogP contribution in [0.1, 0.15) is 28.9 Å². The molecule has 0 bridgehead atoms. The summed E-state index contributed by atoms with van der Waals surface area (Å²) in [6.45, 7) is 2.60. The van der Waals surface area contributed by atoms with E-state index in [9.17, 15) is 4.79 Å². The van der Waals surface area contributed by atoms with Crippen molar-refractivity contribution < 1.29 is 9.21 Å². The SMILES string of the molecule is CCc1nc(CNc2ccc(C(=O)NC)cc2)co1. The van der Waals surface area contributed by atoms with Crippen LogP contribution in [0, 0.1) is 0 Å². The maximum atomic E-state index is 11.4. The lowest BCUT2D eigenvalue weighted by atomic mass is 10.2. The van der Waals surface area contributed by atoms with Crippen molar-refractivity contribution in [3.8, 4) is 0 Å². The molecule has 5 heteroatoms. The molecule has 1 heterocycles. The Kier molecular flexibility index (Phi) is 4.18. The number of anilines is 1. The lowest BCUT2D eigenvalue weighted by Gasteiger charge is -2.05. The average molecular weight is 259 g/mol. The van der Waals surface area contributed by atoms with Gasteiger partial charge in [0.15, 0.2) is 5.89 Å². The minimum atomic E-state index is -0.0874. The van der Waals surface area contributed by atoms with Crippen LogP contribution < -0.4 is 10.6 Å². The number of rotatable bonds is 5. The number of aromatic nitrogens is 1. The Balaban J connectivity index is 1.94. The standard InChI is InChI=1S/C14H17N3O2/c1-3-13-17-12(9-19-13)8-16-11-6-4-10(5-7-11)14(18)15-2/h4-7,9,16H,3,8H2,1-2H3,(H,15,18). The van der Waals surface area contributed by atoms with Gasteiger partial charge in [-0.15, -0.1) is 0 Å². The van der Waals surface area contributed by atoms with Gasteiger partial charge in [0.25, 0.3) is 5.91 Å². The number of oxazole rings is 1. The Hall–Kier alpha value is -2.30. The molecule has 0 saturated carbocycles. The Labute approximate surface area is 112 Å². The first kappa shape index (κ1) is 13.1. The molecule has 2 N–H and O–H groups in total. The number of hydrogen-bond acceptors (Lipinski definition) is 4. The molecule has 0 saturated heterocycles. The zero-order valence-corrected chi connectivity index (χ0v) is 11.1. The topological polar surface area (TPSA) is 67.2 Å². The van der Waals surface area contributed by atoms with Crippen LogP contribution in [0.4, 0.5) is 5.69 Å². The molecule has 0 spiro atoms. The summed E-state index contributed by atoms with van der Waals surface area (Å²) in [7, 11) is 1.62. The van der Waals surface area contributed by atoms with Crippen molar-refractivity contribution in [3.63, 3.8) is 0 Å². The highest BCUT2D eigenvalue weighted by atomic mass is 16.3. The molecule has 2 aromatic rings. The van der Waals surface area contributed by atoms with Gasteiger partial charge in [-0.1, -0.05) is 6.92 Å². The van der Waals surface area contributed by atoms with Gasteiger partial charge in [-0.3, -0.25) is 4.79 Å². The lowest BCUT2D eigenvalue weighted by Crippen LogP contribution is -2.17. The van der Waals surface area contributed by atoms with Crippen molar-refractivity contribution in [2.75, 3.05) is 12.4 Å². The van der Waals surface area contributed by atoms with Crippen LogP contribution in [-0.2, 0) is 13.0 Å². The Morgan fingerprint density at radius 3 is 2.63 bits per heavy atom. The predicted octanol–water partition coefficient (Wildman–Crippen LogP) is 2.21. The Bertz CT molecular complexity index is 546. The highest BCUT2D eigenvalue weighted by molar-refractivity contribution is 5.94. The van der Waals surface area contributed by atoms with Crippen molar-refractivity contribution in [1.29, 1.82) is 0 Å². The fourth-order valence-corrected chi connectivity index (χ4v) is 1.67. The zero-order valence-electron chi connectivity index (χ0n) is 11.1. The molecule has 0 fully saturated rings. The molecule has 1 aromatic carbocycles. The Morgan fingerprint density at radius 2 is 2.05 bits per heavy atom. The summed E-state index contributed by atoms with van der Waals surface area (Å²) in [5.41, 5.74) is 2.45. The largest absolute Gasteiger partial charge is 0.449 e. The number of hydrogen-bond donors (Lipinski definition) is 2. The fourth-order valence-electron chi connectivity index (χ4n) is 1.67. The maximum Gasteiger partial charge on any atom is 0.251 e. The second kappa shape index (κ2) is 6.04. The molecule has 2 rings (SSSR count). The first-order valence-corrected chi connectivity index (χ1v) is 6.22. The van der Waals surface area contributed by atoms with Gasteiger partial charge in [0.1, 0.15) is 6.26 Å². The van der Waals surface area contributed by atoms with Gasteiger partial charge in [-0.05, 0) is 24.3 Å². The minimum absolute atomic E-state index is 0.0874. The van der Waals surface area contributed by atoms with Gasteiger partial charge in [0.2, 0.25) is 0 Å². The monoisotopic (exact) mass is 259 g/mol. The van der Waals surface area contributed by atoms with Gasteiger partial charge in [0, 0.05) is 24.7 Å². The molecule has 1 aromatic heterocycles. The van der Waals surface area contributed by atoms with E-state index >= 15 is 0 Å². The van der Waals surface area contributed by atoms with E-state index in [1.54, 1.807) is 25.4 Å². The molecule has 0 unspecified atom stereocenters. The summed E-state index contributed by atoms with van der Waals surface area (Å²) in [6, 6.07) is 7.29. The highest BCUT2D eigenvalue weighted by Gasteiger charge is 2.04. The van der Waals surface area contributed by atoms with Gasteiger partial charge < -0.3 is 15.1 Å². The van der Waals surface area contributed by atoms with Crippen LogP contribution in [0.5, 0.6) is 0 Å². The van der Waals surface area contributed by atoms with E-state index in [4.69, 9.17) is 4.42 Å². The number of aryl methyl sites for hydroxylation is 1. The number of nitrogens with zero attached hydrogens (tertiary/aromatic N) is 1. The van der Waals surface area contributed by atoms with E-state index in [1.165, 1.54) is 0 Å². The average Bonchev–Trinajstić information content (AvgIpc) is 2.93. The minimum Gasteiger partial charge on any atom is -0.449 e. The van der Waals surface area contributed by atoms with E-state index < -0.39 is 0 Å². The first-order valence-electron chi connectivity index (χ1n) is 6.22. The molecule has 0 aliphatic heterocycles. The second-order valence-corrected chi connectivity index (χ2v) is 4.10. The number of benzene rings is 1. The molecular weight excluding hydrogens is 242 g/mol. The number of nitrogens with one attached hydrogen (secondary N) is 2. The number of carbonyl (C=O) groups excluding carboxylic acids is 1. The van der Waals surface area contributed by atoms with Crippen molar-refractivity contribution in [1.82, 2.24) is 10.3 Å². The van der Waals surface area contributed by atoms with E-state index in [1.807, 2.05) is 19.1 Å². The molecule has 0 atom stereocenters. The number of amides is 1. The third kappa shape index (κ3) is 3.34. The van der Waals surface area contributed by atoms with Crippen molar-refractivity contribution in [2.24, 2.45) is 0 Å². The Morgan fingerprint density at radius 1 is 1.32 bits per heavy atom. The van der Waals surface area contributed by atoms with E-state index in [0.717, 1.165) is 23.7 Å². The van der Waals surface area contributed by atoms with Crippen LogP contribution in [0.15, 0.2) is 34.9 Å². The number of carbonyl (C=O) groups is 1. The van der Waals surface area contributed by atoms with E-state index in [-0.39, 0.29) is 5.91 Å². The van der Waals surface area contributed by atoms with Gasteiger partial charge in [-0.25, -0.2) is 4.98 Å². The summed E-state index contributed by atoms with van der Waals surface area (Å²) in [5.74, 6) is 0.655. The summed E-state index contributed by atoms with van der Waals surface area (Å²) in [6.07, 6.45) is 2.45. The fraction of sp³-hybridized carbons (Fsp3) is 0.286. The van der Waals surface area contributed by atoms with Crippen molar-refractivity contribution >= 4 is 11.6 Å². The first-order chi connectivity index (χ1) is 9.22. The van der Waals surface area contributed by atoms with E-state index in [2.05, 4.69) is 15.6 Å². The van der Waals surface area contributed by atoms with Crippen molar-refractivity contribution in [3.05, 3.63) is 47.7 Å². The van der Waals surface area contributed by atoms with E-state index in [0.29, 0.717) is 12.1 Å². The van der Waals surface area contributed by atoms with Gasteiger partial charge >= 0.3 is 0 Å². The molecule has 100 valence electrons. The molecule has 0 radical (unpaired) electrons. The quantitative estimate of drug-likeness (QED) is 0.864. The molecule has 19 heavy (non-hydrogen) atoms. The molecule has 0 aliphatic rings. The third-order valence-electron chi connectivity index (χ3n) is 2.75. The molecular formula is C14H17N3O2. The summed E-state index contributed by atoms with van der Waals surface area (Å²) in [4.78, 5) is 15.7. The van der Waals surface area contributed by atoms with Gasteiger partial charge in [0.05, 0.1) is 12.2 Å². The smallest absolute Gasteiger partial charge is 0.251 e. The lowest BCUT2D eigenvalue weighted by molar-refractivity contribution is 0.0963. The predicted molar refractivity (Wildman–Crippen MR) is 73.0 cm³/mol. The molecule has 1 amide bonds. The van der Waals surface area contributed by atoms with Crippen LogP contribution in [-0.4, -0.2) is 17.9 Å². The van der Waals surface area contributed by atoms with Crippen LogP contribution in [0.2, 0.25) is 0 Å². The van der Waals surface area contributed by atoms with Crippen LogP contribution in [0.3, 0.4) is 0 Å². The second-order valence-electron chi connectivity index (χ2n) is 4.10. The van der Waals surface area contributed by atoms with Gasteiger partial charge in [-0.2, -0.15) is 0 Å². The third-order valence-corrected chi connectivity index (χ3v) is 2.75. The molecule has 5 nitrogen and oxygen atoms in total. The summed E-state index contributed by atoms with van der Waals surface area (Å²) >= 11 is 0. The maximum absolute atomic E-state index is 11.4. The normalized spacial score (nSPS) is 10.2. The molecule has 0 aliphatic carbocycles. The van der Waals surface area contributed by atoms with Crippen molar-refractivity contribution in [2.45, 2.75) is 19.9 Å². The van der Waals surface area contributed by atoms with Crippen LogP contribution >= 0.6 is 0 Å². The van der Waals surface area contributed by atoms with Crippen LogP contribution in [0.25, 0.3) is 0 Å². The zero-order chi connectivity index (χ0) is 13.7. The highest BCUT2D eigenvalue weighted by Crippen LogP contribution is 2.11. The summed E-state index contributed by atoms with van der Waals surface area (Å²) in [5, 5.41) is 5.81. The summed E-state index contributed by atoms with van der Waals surface area (Å²) < 4.78 is 5.26.